The lowest BCUT2D eigenvalue weighted by molar-refractivity contribution is -0.124. The number of rotatable bonds is 6. The van der Waals surface area contributed by atoms with Crippen LogP contribution in [0.15, 0.2) is 54.6 Å². The van der Waals surface area contributed by atoms with E-state index in [1.54, 1.807) is 53.4 Å². The van der Waals surface area contributed by atoms with E-state index in [4.69, 9.17) is 0 Å². The number of nitrogens with one attached hydrogen (secondary N) is 1. The van der Waals surface area contributed by atoms with Gasteiger partial charge in [-0.25, -0.2) is 14.5 Å². The first-order chi connectivity index (χ1) is 15.5. The normalized spacial score (nSPS) is 18.8. The standard InChI is InChI=1S/C24H25N3O5/c1-32-23(30)16-11-13-17(14-12-16)25-21(28)15-20-22(29)27(19-7-3-2-4-8-19)24(31)26(20)18-9-5-6-10-18/h2-4,7-8,11-14,18,20H,5-6,9-10,15H2,1H3,(H,25,28)/t20-/m0/s1. The van der Waals surface area contributed by atoms with Crippen LogP contribution in [-0.2, 0) is 14.3 Å². The summed E-state index contributed by atoms with van der Waals surface area (Å²) in [6.45, 7) is 0. The predicted molar refractivity (Wildman–Crippen MR) is 118 cm³/mol. The molecule has 2 aromatic rings. The monoisotopic (exact) mass is 435 g/mol. The van der Waals surface area contributed by atoms with Crippen LogP contribution in [-0.4, -0.2) is 47.9 Å². The highest BCUT2D eigenvalue weighted by Gasteiger charge is 2.49. The summed E-state index contributed by atoms with van der Waals surface area (Å²) in [6.07, 6.45) is 3.52. The number of ether oxygens (including phenoxy) is 1. The molecule has 1 saturated heterocycles. The van der Waals surface area contributed by atoms with Crippen LogP contribution in [0.2, 0.25) is 0 Å². The number of imide groups is 1. The molecular formula is C24H25N3O5. The zero-order chi connectivity index (χ0) is 22.7. The number of benzene rings is 2. The van der Waals surface area contributed by atoms with E-state index >= 15 is 0 Å². The van der Waals surface area contributed by atoms with Crippen molar-refractivity contribution >= 4 is 35.2 Å². The van der Waals surface area contributed by atoms with Gasteiger partial charge in [0.05, 0.1) is 24.8 Å². The number of amides is 4. The van der Waals surface area contributed by atoms with Gasteiger partial charge in [-0.3, -0.25) is 9.59 Å². The van der Waals surface area contributed by atoms with Crippen LogP contribution in [0.4, 0.5) is 16.2 Å². The largest absolute Gasteiger partial charge is 0.465 e. The number of carbonyl (C=O) groups is 4. The smallest absolute Gasteiger partial charge is 0.337 e. The molecule has 4 amide bonds. The average Bonchev–Trinajstić information content (AvgIpc) is 3.41. The van der Waals surface area contributed by atoms with Crippen molar-refractivity contribution in [1.82, 2.24) is 4.90 Å². The van der Waals surface area contributed by atoms with E-state index in [1.165, 1.54) is 12.0 Å². The van der Waals surface area contributed by atoms with Crippen molar-refractivity contribution in [1.29, 1.82) is 0 Å². The number of hydrogen-bond acceptors (Lipinski definition) is 5. The molecular weight excluding hydrogens is 410 g/mol. The van der Waals surface area contributed by atoms with E-state index in [1.807, 2.05) is 6.07 Å². The fourth-order valence-electron chi connectivity index (χ4n) is 4.40. The SMILES string of the molecule is COC(=O)c1ccc(NC(=O)C[C@H]2C(=O)N(c3ccccc3)C(=O)N2C2CCCC2)cc1. The third-order valence-electron chi connectivity index (χ3n) is 5.95. The van der Waals surface area contributed by atoms with Crippen molar-refractivity contribution in [2.24, 2.45) is 0 Å². The highest BCUT2D eigenvalue weighted by atomic mass is 16.5. The van der Waals surface area contributed by atoms with Crippen molar-refractivity contribution in [2.75, 3.05) is 17.3 Å². The number of urea groups is 1. The van der Waals surface area contributed by atoms with Crippen LogP contribution in [0.5, 0.6) is 0 Å². The van der Waals surface area contributed by atoms with Crippen LogP contribution in [0.25, 0.3) is 0 Å². The second kappa shape index (κ2) is 9.21. The van der Waals surface area contributed by atoms with Crippen molar-refractivity contribution in [3.8, 4) is 0 Å². The van der Waals surface area contributed by atoms with E-state index < -0.39 is 12.0 Å². The molecule has 4 rings (SSSR count). The highest BCUT2D eigenvalue weighted by Crippen LogP contribution is 2.34. The molecule has 8 nitrogen and oxygen atoms in total. The molecule has 2 aromatic carbocycles. The van der Waals surface area contributed by atoms with Gasteiger partial charge in [0.1, 0.15) is 6.04 Å². The number of para-hydroxylation sites is 1. The first kappa shape index (κ1) is 21.5. The van der Waals surface area contributed by atoms with E-state index in [0.717, 1.165) is 25.7 Å². The molecule has 1 N–H and O–H groups in total. The van der Waals surface area contributed by atoms with Crippen molar-refractivity contribution in [3.63, 3.8) is 0 Å². The van der Waals surface area contributed by atoms with Gasteiger partial charge in [-0.05, 0) is 49.2 Å². The summed E-state index contributed by atoms with van der Waals surface area (Å²) in [7, 11) is 1.30. The molecule has 1 heterocycles. The minimum absolute atomic E-state index is 0.0442. The molecule has 0 radical (unpaired) electrons. The zero-order valence-electron chi connectivity index (χ0n) is 17.8. The van der Waals surface area contributed by atoms with Gasteiger partial charge in [-0.1, -0.05) is 31.0 Å². The van der Waals surface area contributed by atoms with E-state index in [2.05, 4.69) is 10.1 Å². The number of esters is 1. The zero-order valence-corrected chi connectivity index (χ0v) is 17.8. The molecule has 32 heavy (non-hydrogen) atoms. The molecule has 1 aliphatic carbocycles. The maximum Gasteiger partial charge on any atom is 0.337 e. The summed E-state index contributed by atoms with van der Waals surface area (Å²) in [4.78, 5) is 53.6. The van der Waals surface area contributed by atoms with Gasteiger partial charge in [0.15, 0.2) is 0 Å². The van der Waals surface area contributed by atoms with E-state index in [0.29, 0.717) is 16.9 Å². The molecule has 0 bridgehead atoms. The molecule has 2 aliphatic rings. The Kier molecular flexibility index (Phi) is 6.20. The maximum absolute atomic E-state index is 13.3. The summed E-state index contributed by atoms with van der Waals surface area (Å²) in [6, 6.07) is 13.8. The molecule has 0 unspecified atom stereocenters. The Morgan fingerprint density at radius 1 is 1.00 bits per heavy atom. The van der Waals surface area contributed by atoms with Crippen LogP contribution >= 0.6 is 0 Å². The maximum atomic E-state index is 13.3. The molecule has 2 fully saturated rings. The number of nitrogens with zero attached hydrogens (tertiary/aromatic N) is 2. The first-order valence-electron chi connectivity index (χ1n) is 10.7. The van der Waals surface area contributed by atoms with Crippen molar-refractivity contribution < 1.29 is 23.9 Å². The van der Waals surface area contributed by atoms with Crippen LogP contribution in [0.1, 0.15) is 42.5 Å². The van der Waals surface area contributed by atoms with Gasteiger partial charge in [0, 0.05) is 11.7 Å². The molecule has 1 saturated carbocycles. The lowest BCUT2D eigenvalue weighted by Crippen LogP contribution is -2.43. The van der Waals surface area contributed by atoms with Gasteiger partial charge in [0.25, 0.3) is 5.91 Å². The van der Waals surface area contributed by atoms with E-state index in [9.17, 15) is 19.2 Å². The minimum atomic E-state index is -0.847. The summed E-state index contributed by atoms with van der Waals surface area (Å²) in [5, 5.41) is 2.75. The highest BCUT2D eigenvalue weighted by molar-refractivity contribution is 6.22. The van der Waals surface area contributed by atoms with Crippen molar-refractivity contribution in [3.05, 3.63) is 60.2 Å². The average molecular weight is 435 g/mol. The third kappa shape index (κ3) is 4.21. The fraction of sp³-hybridized carbons (Fsp3) is 0.333. The topological polar surface area (TPSA) is 96.0 Å². The number of anilines is 2. The second-order valence-corrected chi connectivity index (χ2v) is 7.97. The lowest BCUT2D eigenvalue weighted by atomic mass is 10.1. The van der Waals surface area contributed by atoms with Gasteiger partial charge in [0.2, 0.25) is 5.91 Å². The Bertz CT molecular complexity index is 1020. The van der Waals surface area contributed by atoms with Crippen LogP contribution < -0.4 is 10.2 Å². The molecule has 8 heteroatoms. The van der Waals surface area contributed by atoms with Crippen LogP contribution in [0.3, 0.4) is 0 Å². The first-order valence-corrected chi connectivity index (χ1v) is 10.7. The number of carbonyl (C=O) groups excluding carboxylic acids is 4. The van der Waals surface area contributed by atoms with Gasteiger partial charge in [-0.15, -0.1) is 0 Å². The van der Waals surface area contributed by atoms with Gasteiger partial charge < -0.3 is 15.0 Å². The summed E-state index contributed by atoms with van der Waals surface area (Å²) >= 11 is 0. The molecule has 0 aromatic heterocycles. The van der Waals surface area contributed by atoms with E-state index in [-0.39, 0.29) is 30.3 Å². The Labute approximate surface area is 186 Å². The second-order valence-electron chi connectivity index (χ2n) is 7.97. The summed E-state index contributed by atoms with van der Waals surface area (Å²) in [5.74, 6) is -1.23. The lowest BCUT2D eigenvalue weighted by Gasteiger charge is -2.27. The predicted octanol–water partition coefficient (Wildman–Crippen LogP) is 3.58. The molecule has 1 aliphatic heterocycles. The Morgan fingerprint density at radius 2 is 1.66 bits per heavy atom. The summed E-state index contributed by atoms with van der Waals surface area (Å²) in [5.41, 5.74) is 1.37. The van der Waals surface area contributed by atoms with Crippen molar-refractivity contribution in [2.45, 2.75) is 44.2 Å². The number of hydrogen-bond donors (Lipinski definition) is 1. The quantitative estimate of drug-likeness (QED) is 0.553. The molecule has 1 atom stereocenters. The Balaban J connectivity index is 1.52. The van der Waals surface area contributed by atoms with Gasteiger partial charge >= 0.3 is 12.0 Å². The minimum Gasteiger partial charge on any atom is -0.465 e. The van der Waals surface area contributed by atoms with Crippen LogP contribution in [0, 0.1) is 0 Å². The Hall–Kier alpha value is -3.68. The van der Waals surface area contributed by atoms with Gasteiger partial charge in [-0.2, -0.15) is 0 Å². The fourth-order valence-corrected chi connectivity index (χ4v) is 4.40. The molecule has 166 valence electrons. The molecule has 0 spiro atoms. The summed E-state index contributed by atoms with van der Waals surface area (Å²) < 4.78 is 4.67. The Morgan fingerprint density at radius 3 is 2.28 bits per heavy atom. The third-order valence-corrected chi connectivity index (χ3v) is 5.95. The number of methoxy groups -OCH3 is 1.